The number of furan rings is 1. The number of Topliss-reactive ketones (excluding diaryl/α,β-unsaturated/α-hetero) is 1. The van der Waals surface area contributed by atoms with Gasteiger partial charge in [0.2, 0.25) is 11.5 Å². The molecular formula is C22H16O6. The van der Waals surface area contributed by atoms with Crippen LogP contribution in [0, 0.1) is 6.92 Å². The Bertz CT molecular complexity index is 1070. The fraction of sp³-hybridized carbons (Fsp3) is 0.0909. The lowest BCUT2D eigenvalue weighted by Gasteiger charge is -2.06. The molecule has 3 aromatic rings. The number of carbonyl (C=O) groups is 2. The summed E-state index contributed by atoms with van der Waals surface area (Å²) in [5, 5.41) is 0. The Morgan fingerprint density at radius 3 is 2.54 bits per heavy atom. The van der Waals surface area contributed by atoms with Crippen molar-refractivity contribution in [3.63, 3.8) is 0 Å². The van der Waals surface area contributed by atoms with Gasteiger partial charge in [0.1, 0.15) is 17.2 Å². The van der Waals surface area contributed by atoms with Crippen LogP contribution in [0.15, 0.2) is 65.0 Å². The maximum atomic E-state index is 12.7. The number of ketones is 1. The van der Waals surface area contributed by atoms with Crippen LogP contribution in [-0.2, 0) is 0 Å². The Morgan fingerprint density at radius 1 is 1.07 bits per heavy atom. The SMILES string of the molecule is COc1ccc(/C=C2\Oc3cc(OC(=O)c4ccco4)cc(C)c3C2=O)cc1. The number of ether oxygens (including phenoxy) is 3. The molecule has 6 nitrogen and oxygen atoms in total. The zero-order chi connectivity index (χ0) is 19.7. The van der Waals surface area contributed by atoms with Gasteiger partial charge < -0.3 is 18.6 Å². The minimum atomic E-state index is -0.623. The van der Waals surface area contributed by atoms with E-state index in [9.17, 15) is 9.59 Å². The molecule has 0 saturated carbocycles. The number of esters is 1. The summed E-state index contributed by atoms with van der Waals surface area (Å²) in [6.45, 7) is 1.76. The highest BCUT2D eigenvalue weighted by atomic mass is 16.5. The monoisotopic (exact) mass is 376 g/mol. The Labute approximate surface area is 160 Å². The normalized spacial score (nSPS) is 13.9. The molecule has 4 rings (SSSR count). The van der Waals surface area contributed by atoms with Crippen molar-refractivity contribution in [1.82, 2.24) is 0 Å². The third kappa shape index (κ3) is 3.27. The van der Waals surface area contributed by atoms with E-state index in [0.29, 0.717) is 16.9 Å². The average Bonchev–Trinajstić information content (AvgIpc) is 3.32. The van der Waals surface area contributed by atoms with Crippen molar-refractivity contribution < 1.29 is 28.2 Å². The van der Waals surface area contributed by atoms with E-state index in [1.54, 1.807) is 44.4 Å². The molecule has 1 aromatic heterocycles. The first kappa shape index (κ1) is 17.6. The quantitative estimate of drug-likeness (QED) is 0.381. The molecule has 0 spiro atoms. The molecule has 2 heterocycles. The Kier molecular flexibility index (Phi) is 4.45. The first-order valence-electron chi connectivity index (χ1n) is 8.54. The van der Waals surface area contributed by atoms with Crippen molar-refractivity contribution in [3.8, 4) is 17.2 Å². The fourth-order valence-corrected chi connectivity index (χ4v) is 2.94. The Balaban J connectivity index is 1.60. The molecule has 0 fully saturated rings. The molecular weight excluding hydrogens is 360 g/mol. The van der Waals surface area contributed by atoms with Gasteiger partial charge in [-0.15, -0.1) is 0 Å². The summed E-state index contributed by atoms with van der Waals surface area (Å²) in [7, 11) is 1.59. The summed E-state index contributed by atoms with van der Waals surface area (Å²) in [4.78, 5) is 24.8. The summed E-state index contributed by atoms with van der Waals surface area (Å²) in [5.41, 5.74) is 1.92. The van der Waals surface area contributed by atoms with Crippen LogP contribution in [-0.4, -0.2) is 18.9 Å². The number of allylic oxidation sites excluding steroid dienone is 1. The summed E-state index contributed by atoms with van der Waals surface area (Å²) in [6.07, 6.45) is 3.05. The van der Waals surface area contributed by atoms with E-state index in [2.05, 4.69) is 0 Å². The Hall–Kier alpha value is -3.80. The molecule has 0 amide bonds. The van der Waals surface area contributed by atoms with Gasteiger partial charge in [-0.05, 0) is 54.5 Å². The second-order valence-corrected chi connectivity index (χ2v) is 6.19. The number of benzene rings is 2. The lowest BCUT2D eigenvalue weighted by atomic mass is 10.0. The molecule has 0 unspecified atom stereocenters. The van der Waals surface area contributed by atoms with Gasteiger partial charge in [0.25, 0.3) is 0 Å². The molecule has 28 heavy (non-hydrogen) atoms. The van der Waals surface area contributed by atoms with Crippen LogP contribution in [0.3, 0.4) is 0 Å². The van der Waals surface area contributed by atoms with Crippen LogP contribution >= 0.6 is 0 Å². The number of fused-ring (bicyclic) bond motifs is 1. The zero-order valence-electron chi connectivity index (χ0n) is 15.2. The van der Waals surface area contributed by atoms with E-state index < -0.39 is 5.97 Å². The molecule has 2 aromatic carbocycles. The molecule has 1 aliphatic rings. The molecule has 1 aliphatic heterocycles. The lowest BCUT2D eigenvalue weighted by Crippen LogP contribution is -2.07. The molecule has 0 N–H and O–H groups in total. The smallest absolute Gasteiger partial charge is 0.379 e. The molecule has 0 saturated heterocycles. The van der Waals surface area contributed by atoms with Crippen molar-refractivity contribution in [1.29, 1.82) is 0 Å². The van der Waals surface area contributed by atoms with Gasteiger partial charge in [-0.1, -0.05) is 12.1 Å². The van der Waals surface area contributed by atoms with E-state index in [0.717, 1.165) is 11.3 Å². The molecule has 0 aliphatic carbocycles. The molecule has 0 radical (unpaired) electrons. The van der Waals surface area contributed by atoms with Gasteiger partial charge in [0.05, 0.1) is 18.9 Å². The van der Waals surface area contributed by atoms with Gasteiger partial charge >= 0.3 is 5.97 Å². The molecule has 140 valence electrons. The van der Waals surface area contributed by atoms with Gasteiger partial charge in [0.15, 0.2) is 5.76 Å². The third-order valence-electron chi connectivity index (χ3n) is 4.29. The fourth-order valence-electron chi connectivity index (χ4n) is 2.94. The van der Waals surface area contributed by atoms with Crippen LogP contribution < -0.4 is 14.2 Å². The summed E-state index contributed by atoms with van der Waals surface area (Å²) >= 11 is 0. The summed E-state index contributed by atoms with van der Waals surface area (Å²) in [6, 6.07) is 13.5. The second kappa shape index (κ2) is 7.08. The maximum Gasteiger partial charge on any atom is 0.379 e. The standard InChI is InChI=1S/C22H16O6/c1-13-10-16(27-22(24)17-4-3-9-26-17)12-18-20(13)21(23)19(28-18)11-14-5-7-15(25-2)8-6-14/h3-12H,1-2H3/b19-11-. The van der Waals surface area contributed by atoms with Gasteiger partial charge in [-0.2, -0.15) is 0 Å². The number of aryl methyl sites for hydroxylation is 1. The molecule has 0 bridgehead atoms. The first-order valence-corrected chi connectivity index (χ1v) is 8.54. The molecule has 6 heteroatoms. The van der Waals surface area contributed by atoms with E-state index in [1.807, 2.05) is 12.1 Å². The predicted octanol–water partition coefficient (Wildman–Crippen LogP) is 4.43. The minimum Gasteiger partial charge on any atom is -0.497 e. The number of methoxy groups -OCH3 is 1. The number of carbonyl (C=O) groups excluding carboxylic acids is 2. The van der Waals surface area contributed by atoms with Crippen LogP contribution in [0.5, 0.6) is 17.2 Å². The van der Waals surface area contributed by atoms with Gasteiger partial charge in [-0.3, -0.25) is 4.79 Å². The highest BCUT2D eigenvalue weighted by molar-refractivity contribution is 6.15. The minimum absolute atomic E-state index is 0.0928. The van der Waals surface area contributed by atoms with E-state index in [4.69, 9.17) is 18.6 Å². The van der Waals surface area contributed by atoms with Crippen LogP contribution in [0.4, 0.5) is 0 Å². The average molecular weight is 376 g/mol. The van der Waals surface area contributed by atoms with Crippen molar-refractivity contribution >= 4 is 17.8 Å². The van der Waals surface area contributed by atoms with Gasteiger partial charge in [-0.25, -0.2) is 4.79 Å². The van der Waals surface area contributed by atoms with E-state index in [1.165, 1.54) is 18.4 Å². The third-order valence-corrected chi connectivity index (χ3v) is 4.29. The van der Waals surface area contributed by atoms with E-state index in [-0.39, 0.29) is 23.1 Å². The lowest BCUT2D eigenvalue weighted by molar-refractivity contribution is 0.0701. The topological polar surface area (TPSA) is 75.0 Å². The predicted molar refractivity (Wildman–Crippen MR) is 101 cm³/mol. The number of hydrogen-bond acceptors (Lipinski definition) is 6. The first-order chi connectivity index (χ1) is 13.5. The van der Waals surface area contributed by atoms with Crippen LogP contribution in [0.2, 0.25) is 0 Å². The van der Waals surface area contributed by atoms with Crippen molar-refractivity contribution in [2.75, 3.05) is 7.11 Å². The van der Waals surface area contributed by atoms with Crippen LogP contribution in [0.25, 0.3) is 6.08 Å². The molecule has 0 atom stereocenters. The summed E-state index contributed by atoms with van der Waals surface area (Å²) in [5.74, 6) is 0.814. The van der Waals surface area contributed by atoms with Gasteiger partial charge in [0, 0.05) is 6.07 Å². The van der Waals surface area contributed by atoms with Crippen molar-refractivity contribution in [2.24, 2.45) is 0 Å². The number of rotatable bonds is 4. The zero-order valence-corrected chi connectivity index (χ0v) is 15.2. The maximum absolute atomic E-state index is 12.7. The Morgan fingerprint density at radius 2 is 1.86 bits per heavy atom. The second-order valence-electron chi connectivity index (χ2n) is 6.19. The highest BCUT2D eigenvalue weighted by Crippen LogP contribution is 2.37. The van der Waals surface area contributed by atoms with Crippen molar-refractivity contribution in [3.05, 3.63) is 83.0 Å². The van der Waals surface area contributed by atoms with Crippen molar-refractivity contribution in [2.45, 2.75) is 6.92 Å². The number of hydrogen-bond donors (Lipinski definition) is 0. The van der Waals surface area contributed by atoms with E-state index >= 15 is 0 Å². The largest absolute Gasteiger partial charge is 0.497 e. The highest BCUT2D eigenvalue weighted by Gasteiger charge is 2.30. The van der Waals surface area contributed by atoms with Crippen LogP contribution in [0.1, 0.15) is 32.0 Å². The summed E-state index contributed by atoms with van der Waals surface area (Å²) < 4.78 is 21.2.